The molecule has 1 aliphatic rings. The number of guanidine groups is 1. The highest BCUT2D eigenvalue weighted by molar-refractivity contribution is 14.0. The molecule has 0 aliphatic carbocycles. The van der Waals surface area contributed by atoms with Crippen molar-refractivity contribution in [3.8, 4) is 0 Å². The minimum Gasteiger partial charge on any atom is -0.381 e. The van der Waals surface area contributed by atoms with Gasteiger partial charge in [0.25, 0.3) is 0 Å². The number of methoxy groups -OCH3 is 2. The summed E-state index contributed by atoms with van der Waals surface area (Å²) in [6, 6.07) is 0. The van der Waals surface area contributed by atoms with Crippen molar-refractivity contribution in [1.82, 2.24) is 10.6 Å². The largest absolute Gasteiger partial charge is 0.381 e. The molecule has 1 heterocycles. The lowest BCUT2D eigenvalue weighted by Gasteiger charge is -2.36. The van der Waals surface area contributed by atoms with Crippen LogP contribution in [0.5, 0.6) is 0 Å². The molecule has 7 heteroatoms. The first-order valence-corrected chi connectivity index (χ1v) is 7.67. The van der Waals surface area contributed by atoms with E-state index in [1.54, 1.807) is 14.2 Å². The molecule has 6 nitrogen and oxygen atoms in total. The SMILES string of the molecule is CCNC(=NCC(C)(C)OC)NCC1(OC)CCOCC1.I. The highest BCUT2D eigenvalue weighted by Crippen LogP contribution is 2.23. The molecule has 0 radical (unpaired) electrons. The van der Waals surface area contributed by atoms with Gasteiger partial charge in [-0.05, 0) is 20.8 Å². The molecule has 0 bridgehead atoms. The minimum absolute atomic E-state index is 0. The van der Waals surface area contributed by atoms with E-state index in [0.717, 1.165) is 45.1 Å². The number of hydrogen-bond donors (Lipinski definition) is 2. The lowest BCUT2D eigenvalue weighted by atomic mass is 9.94. The lowest BCUT2D eigenvalue weighted by Crippen LogP contribution is -2.51. The van der Waals surface area contributed by atoms with Crippen LogP contribution in [0.1, 0.15) is 33.6 Å². The number of aliphatic imine (C=N–C) groups is 1. The van der Waals surface area contributed by atoms with Crippen LogP contribution in [0, 0.1) is 0 Å². The molecule has 1 aliphatic heterocycles. The van der Waals surface area contributed by atoms with Crippen molar-refractivity contribution < 1.29 is 14.2 Å². The number of rotatable bonds is 7. The Morgan fingerprint density at radius 3 is 2.36 bits per heavy atom. The fraction of sp³-hybridized carbons (Fsp3) is 0.933. The first-order valence-electron chi connectivity index (χ1n) is 7.67. The van der Waals surface area contributed by atoms with Crippen LogP contribution in [0.15, 0.2) is 4.99 Å². The fourth-order valence-corrected chi connectivity index (χ4v) is 2.12. The third-order valence-corrected chi connectivity index (χ3v) is 3.93. The quantitative estimate of drug-likeness (QED) is 0.367. The Labute approximate surface area is 151 Å². The zero-order valence-electron chi connectivity index (χ0n) is 14.5. The second-order valence-corrected chi connectivity index (χ2v) is 6.01. The van der Waals surface area contributed by atoms with E-state index in [9.17, 15) is 0 Å². The van der Waals surface area contributed by atoms with Crippen molar-refractivity contribution >= 4 is 29.9 Å². The molecular formula is C15H32IN3O3. The van der Waals surface area contributed by atoms with Gasteiger partial charge >= 0.3 is 0 Å². The summed E-state index contributed by atoms with van der Waals surface area (Å²) >= 11 is 0. The van der Waals surface area contributed by atoms with Crippen LogP contribution < -0.4 is 10.6 Å². The number of nitrogens with one attached hydrogen (secondary N) is 2. The Balaban J connectivity index is 0.00000441. The van der Waals surface area contributed by atoms with Gasteiger partial charge in [0.2, 0.25) is 0 Å². The maximum Gasteiger partial charge on any atom is 0.191 e. The Morgan fingerprint density at radius 1 is 1.23 bits per heavy atom. The van der Waals surface area contributed by atoms with E-state index in [1.807, 2.05) is 13.8 Å². The highest BCUT2D eigenvalue weighted by atomic mass is 127. The van der Waals surface area contributed by atoms with Gasteiger partial charge in [0.1, 0.15) is 0 Å². The summed E-state index contributed by atoms with van der Waals surface area (Å²) in [6.07, 6.45) is 1.80. The third kappa shape index (κ3) is 7.43. The summed E-state index contributed by atoms with van der Waals surface area (Å²) in [7, 11) is 3.48. The molecule has 22 heavy (non-hydrogen) atoms. The summed E-state index contributed by atoms with van der Waals surface area (Å²) in [6.45, 7) is 9.75. The number of nitrogens with zero attached hydrogens (tertiary/aromatic N) is 1. The Bertz CT molecular complexity index is 332. The monoisotopic (exact) mass is 429 g/mol. The zero-order valence-corrected chi connectivity index (χ0v) is 16.9. The number of hydrogen-bond acceptors (Lipinski definition) is 4. The molecule has 0 aromatic rings. The molecule has 1 rings (SSSR count). The topological polar surface area (TPSA) is 64.1 Å². The molecular weight excluding hydrogens is 397 g/mol. The molecule has 2 N–H and O–H groups in total. The van der Waals surface area contributed by atoms with Crippen molar-refractivity contribution in [2.24, 2.45) is 4.99 Å². The van der Waals surface area contributed by atoms with Crippen LogP contribution in [0.25, 0.3) is 0 Å². The van der Waals surface area contributed by atoms with Crippen molar-refractivity contribution in [2.75, 3.05) is 47.1 Å². The molecule has 0 amide bonds. The lowest BCUT2D eigenvalue weighted by molar-refractivity contribution is -0.0855. The summed E-state index contributed by atoms with van der Waals surface area (Å²) in [5.74, 6) is 0.797. The van der Waals surface area contributed by atoms with Gasteiger partial charge < -0.3 is 24.8 Å². The van der Waals surface area contributed by atoms with Crippen molar-refractivity contribution in [3.63, 3.8) is 0 Å². The summed E-state index contributed by atoms with van der Waals surface area (Å²) < 4.78 is 16.5. The maximum absolute atomic E-state index is 5.72. The van der Waals surface area contributed by atoms with Gasteiger partial charge in [-0.25, -0.2) is 0 Å². The first-order chi connectivity index (χ1) is 9.97. The van der Waals surface area contributed by atoms with E-state index in [-0.39, 0.29) is 35.2 Å². The Kier molecular flexibility index (Phi) is 10.6. The molecule has 0 saturated carbocycles. The molecule has 0 atom stereocenters. The van der Waals surface area contributed by atoms with E-state index in [4.69, 9.17) is 14.2 Å². The van der Waals surface area contributed by atoms with Crippen LogP contribution >= 0.6 is 24.0 Å². The van der Waals surface area contributed by atoms with Crippen LogP contribution in [0.4, 0.5) is 0 Å². The van der Waals surface area contributed by atoms with E-state index in [0.29, 0.717) is 6.54 Å². The fourth-order valence-electron chi connectivity index (χ4n) is 2.12. The molecule has 0 spiro atoms. The molecule has 0 unspecified atom stereocenters. The summed E-state index contributed by atoms with van der Waals surface area (Å²) in [5, 5.41) is 6.64. The first kappa shape index (κ1) is 21.9. The molecule has 1 fully saturated rings. The van der Waals surface area contributed by atoms with E-state index >= 15 is 0 Å². The van der Waals surface area contributed by atoms with Gasteiger partial charge in [0.15, 0.2) is 5.96 Å². The van der Waals surface area contributed by atoms with Crippen molar-refractivity contribution in [1.29, 1.82) is 0 Å². The van der Waals surface area contributed by atoms with Gasteiger partial charge in [-0.3, -0.25) is 4.99 Å². The van der Waals surface area contributed by atoms with Crippen LogP contribution in [-0.2, 0) is 14.2 Å². The summed E-state index contributed by atoms with van der Waals surface area (Å²) in [5.41, 5.74) is -0.425. The van der Waals surface area contributed by atoms with Crippen LogP contribution in [-0.4, -0.2) is 64.2 Å². The van der Waals surface area contributed by atoms with Gasteiger partial charge in [-0.2, -0.15) is 0 Å². The van der Waals surface area contributed by atoms with Crippen LogP contribution in [0.3, 0.4) is 0 Å². The predicted molar refractivity (Wildman–Crippen MR) is 100 cm³/mol. The Hall–Kier alpha value is -0.120. The zero-order chi connectivity index (χ0) is 15.8. The number of ether oxygens (including phenoxy) is 3. The third-order valence-electron chi connectivity index (χ3n) is 3.93. The standard InChI is InChI=1S/C15H31N3O3.HI/c1-6-16-13(17-11-14(2,3)19-4)18-12-15(20-5)7-9-21-10-8-15;/h6-12H2,1-5H3,(H2,16,17,18);1H. The predicted octanol–water partition coefficient (Wildman–Crippen LogP) is 1.78. The number of halogens is 1. The van der Waals surface area contributed by atoms with Crippen LogP contribution in [0.2, 0.25) is 0 Å². The Morgan fingerprint density at radius 2 is 1.86 bits per heavy atom. The van der Waals surface area contributed by atoms with Crippen molar-refractivity contribution in [3.05, 3.63) is 0 Å². The van der Waals surface area contributed by atoms with Gasteiger partial charge in [-0.1, -0.05) is 0 Å². The van der Waals surface area contributed by atoms with Gasteiger partial charge in [0, 0.05) is 53.4 Å². The summed E-state index contributed by atoms with van der Waals surface area (Å²) in [4.78, 5) is 4.59. The van der Waals surface area contributed by atoms with Gasteiger partial charge in [-0.15, -0.1) is 24.0 Å². The highest BCUT2D eigenvalue weighted by Gasteiger charge is 2.32. The molecule has 0 aromatic heterocycles. The molecule has 132 valence electrons. The molecule has 0 aromatic carbocycles. The van der Waals surface area contributed by atoms with E-state index < -0.39 is 0 Å². The second-order valence-electron chi connectivity index (χ2n) is 6.01. The van der Waals surface area contributed by atoms with E-state index in [2.05, 4.69) is 22.5 Å². The van der Waals surface area contributed by atoms with Gasteiger partial charge in [0.05, 0.1) is 17.7 Å². The average molecular weight is 429 g/mol. The average Bonchev–Trinajstić information content (AvgIpc) is 2.51. The minimum atomic E-state index is -0.264. The molecule has 1 saturated heterocycles. The maximum atomic E-state index is 5.72. The normalized spacial score (nSPS) is 18.5. The smallest absolute Gasteiger partial charge is 0.191 e. The second kappa shape index (κ2) is 10.6. The van der Waals surface area contributed by atoms with Crippen molar-refractivity contribution in [2.45, 2.75) is 44.8 Å². The van der Waals surface area contributed by atoms with E-state index in [1.165, 1.54) is 0 Å².